The highest BCUT2D eigenvalue weighted by molar-refractivity contribution is 7.92. The molecule has 0 saturated carbocycles. The van der Waals surface area contributed by atoms with E-state index in [0.29, 0.717) is 27.5 Å². The predicted octanol–water partition coefficient (Wildman–Crippen LogP) is 5.50. The number of carbonyl (C=O) groups excluding carboxylic acids is 2. The summed E-state index contributed by atoms with van der Waals surface area (Å²) in [7, 11) is -4.19. The molecule has 0 aliphatic rings. The minimum absolute atomic E-state index is 0.158. The Morgan fingerprint density at radius 3 is 2.32 bits per heavy atom. The summed E-state index contributed by atoms with van der Waals surface area (Å²) < 4.78 is 65.7. The average molecular weight is 596 g/mol. The number of nitrogens with zero attached hydrogens (tertiary/aromatic N) is 2. The largest absolute Gasteiger partial charge is 0.416 e. The molecule has 2 amide bonds. The Balaban J connectivity index is 2.49. The molecule has 2 aromatic carbocycles. The van der Waals surface area contributed by atoms with Crippen LogP contribution in [0.3, 0.4) is 0 Å². The van der Waals surface area contributed by atoms with Gasteiger partial charge in [-0.05, 0) is 48.7 Å². The first-order valence-electron chi connectivity index (χ1n) is 11.8. The van der Waals surface area contributed by atoms with Crippen LogP contribution in [0.5, 0.6) is 0 Å². The van der Waals surface area contributed by atoms with Gasteiger partial charge in [-0.1, -0.05) is 55.6 Å². The third kappa shape index (κ3) is 8.78. The van der Waals surface area contributed by atoms with Crippen LogP contribution in [-0.4, -0.2) is 50.5 Å². The lowest BCUT2D eigenvalue weighted by atomic mass is 10.1. The van der Waals surface area contributed by atoms with Crippen molar-refractivity contribution < 1.29 is 31.2 Å². The molecule has 7 nitrogen and oxygen atoms in total. The molecule has 38 heavy (non-hydrogen) atoms. The fourth-order valence-electron chi connectivity index (χ4n) is 3.71. The van der Waals surface area contributed by atoms with Gasteiger partial charge in [0.25, 0.3) is 0 Å². The lowest BCUT2D eigenvalue weighted by Crippen LogP contribution is -2.52. The summed E-state index contributed by atoms with van der Waals surface area (Å²) in [6.45, 7) is 3.04. The van der Waals surface area contributed by atoms with Gasteiger partial charge in [0.15, 0.2) is 0 Å². The highest BCUT2D eigenvalue weighted by Gasteiger charge is 2.34. The van der Waals surface area contributed by atoms with E-state index in [-0.39, 0.29) is 23.7 Å². The van der Waals surface area contributed by atoms with Gasteiger partial charge >= 0.3 is 6.18 Å². The second-order valence-electron chi connectivity index (χ2n) is 8.64. The maximum atomic E-state index is 13.6. The first-order chi connectivity index (χ1) is 17.7. The van der Waals surface area contributed by atoms with Crippen LogP contribution < -0.4 is 9.62 Å². The summed E-state index contributed by atoms with van der Waals surface area (Å²) in [6, 6.07) is 7.29. The number of rotatable bonds is 12. The Labute approximate surface area is 230 Å². The molecule has 0 spiro atoms. The number of anilines is 1. The van der Waals surface area contributed by atoms with Crippen molar-refractivity contribution in [3.63, 3.8) is 0 Å². The highest BCUT2D eigenvalue weighted by Crippen LogP contribution is 2.32. The monoisotopic (exact) mass is 595 g/mol. The van der Waals surface area contributed by atoms with Gasteiger partial charge in [-0.2, -0.15) is 13.2 Å². The lowest BCUT2D eigenvalue weighted by molar-refractivity contribution is -0.140. The van der Waals surface area contributed by atoms with Crippen molar-refractivity contribution in [1.29, 1.82) is 0 Å². The third-order valence-corrected chi connectivity index (χ3v) is 7.44. The SMILES string of the molecule is CCCCNC(=O)[C@H](CC)N(Cc1ccc(Cl)cc1Cl)C(=O)CN(c1cccc(C(F)(F)F)c1)S(C)(=O)=O. The number of hydrogen-bond donors (Lipinski definition) is 1. The number of amides is 2. The topological polar surface area (TPSA) is 86.8 Å². The molecule has 0 aliphatic heterocycles. The van der Waals surface area contributed by atoms with Crippen LogP contribution in [0.15, 0.2) is 42.5 Å². The Bertz CT molecular complexity index is 1240. The average Bonchev–Trinajstić information content (AvgIpc) is 2.82. The molecule has 13 heteroatoms. The second kappa shape index (κ2) is 13.5. The van der Waals surface area contributed by atoms with Crippen LogP contribution in [-0.2, 0) is 32.3 Å². The van der Waals surface area contributed by atoms with Crippen LogP contribution in [0.2, 0.25) is 10.0 Å². The molecular formula is C25H30Cl2F3N3O4S. The zero-order chi connectivity index (χ0) is 28.7. The number of hydrogen-bond acceptors (Lipinski definition) is 4. The summed E-state index contributed by atoms with van der Waals surface area (Å²) in [5.74, 6) is -1.24. The molecule has 0 aromatic heterocycles. The molecule has 210 valence electrons. The van der Waals surface area contributed by atoms with Crippen molar-refractivity contribution in [2.45, 2.75) is 51.9 Å². The van der Waals surface area contributed by atoms with Gasteiger partial charge in [-0.15, -0.1) is 0 Å². The Hall–Kier alpha value is -2.50. The van der Waals surface area contributed by atoms with Crippen LogP contribution in [0.25, 0.3) is 0 Å². The molecule has 0 unspecified atom stereocenters. The summed E-state index contributed by atoms with van der Waals surface area (Å²) in [5, 5.41) is 3.36. The zero-order valence-electron chi connectivity index (χ0n) is 21.2. The van der Waals surface area contributed by atoms with Gasteiger partial charge in [0, 0.05) is 23.1 Å². The molecular weight excluding hydrogens is 566 g/mol. The molecule has 0 fully saturated rings. The van der Waals surface area contributed by atoms with Crippen molar-refractivity contribution >= 4 is 50.7 Å². The maximum Gasteiger partial charge on any atom is 0.416 e. The van der Waals surface area contributed by atoms with Gasteiger partial charge in [0.1, 0.15) is 12.6 Å². The third-order valence-electron chi connectivity index (χ3n) is 5.71. The number of carbonyl (C=O) groups is 2. The van der Waals surface area contributed by atoms with Crippen LogP contribution in [0, 0.1) is 0 Å². The molecule has 0 radical (unpaired) electrons. The van der Waals surface area contributed by atoms with E-state index in [1.165, 1.54) is 17.0 Å². The van der Waals surface area contributed by atoms with Gasteiger partial charge in [-0.25, -0.2) is 8.42 Å². The molecule has 0 bridgehead atoms. The number of alkyl halides is 3. The molecule has 0 heterocycles. The van der Waals surface area contributed by atoms with Crippen LogP contribution in [0.1, 0.15) is 44.2 Å². The molecule has 1 atom stereocenters. The molecule has 2 aromatic rings. The van der Waals surface area contributed by atoms with Crippen molar-refractivity contribution in [3.05, 3.63) is 63.6 Å². The fourth-order valence-corrected chi connectivity index (χ4v) is 5.02. The smallest absolute Gasteiger partial charge is 0.354 e. The number of sulfonamides is 1. The summed E-state index contributed by atoms with van der Waals surface area (Å²) in [5.41, 5.74) is -0.947. The van der Waals surface area contributed by atoms with Crippen LogP contribution >= 0.6 is 23.2 Å². The highest BCUT2D eigenvalue weighted by atomic mass is 35.5. The van der Waals surface area contributed by atoms with Gasteiger partial charge in [-0.3, -0.25) is 13.9 Å². The van der Waals surface area contributed by atoms with Crippen LogP contribution in [0.4, 0.5) is 18.9 Å². The van der Waals surface area contributed by atoms with E-state index in [4.69, 9.17) is 23.2 Å². The Morgan fingerprint density at radius 1 is 1.08 bits per heavy atom. The number of nitrogens with one attached hydrogen (secondary N) is 1. The van der Waals surface area contributed by atoms with Crippen molar-refractivity contribution in [2.75, 3.05) is 23.7 Å². The van der Waals surface area contributed by atoms with Gasteiger partial charge in [0.05, 0.1) is 17.5 Å². The van der Waals surface area contributed by atoms with E-state index < -0.39 is 46.2 Å². The first kappa shape index (κ1) is 31.7. The Morgan fingerprint density at radius 2 is 1.76 bits per heavy atom. The fraction of sp³-hybridized carbons (Fsp3) is 0.440. The summed E-state index contributed by atoms with van der Waals surface area (Å²) >= 11 is 12.3. The van der Waals surface area contributed by atoms with E-state index in [0.717, 1.165) is 31.2 Å². The standard InChI is InChI=1S/C25H30Cl2F3N3O4S/c1-4-6-12-31-24(35)22(5-2)32(15-17-10-11-19(26)14-21(17)27)23(34)16-33(38(3,36)37)20-9-7-8-18(13-20)25(28,29)30/h7-11,13-14,22H,4-6,12,15-16H2,1-3H3,(H,31,35)/t22-/m0/s1. The Kier molecular flexibility index (Phi) is 11.3. The van der Waals surface area contributed by atoms with Crippen molar-refractivity contribution in [1.82, 2.24) is 10.2 Å². The minimum Gasteiger partial charge on any atom is -0.354 e. The van der Waals surface area contributed by atoms with Crippen molar-refractivity contribution in [3.8, 4) is 0 Å². The number of halogens is 5. The maximum absolute atomic E-state index is 13.6. The predicted molar refractivity (Wildman–Crippen MR) is 143 cm³/mol. The second-order valence-corrected chi connectivity index (χ2v) is 11.4. The van der Waals surface area contributed by atoms with Gasteiger partial charge in [0.2, 0.25) is 21.8 Å². The zero-order valence-corrected chi connectivity index (χ0v) is 23.5. The summed E-state index contributed by atoms with van der Waals surface area (Å²) in [6.07, 6.45) is -2.19. The normalized spacial score (nSPS) is 12.6. The summed E-state index contributed by atoms with van der Waals surface area (Å²) in [4.78, 5) is 27.8. The molecule has 0 saturated heterocycles. The minimum atomic E-state index is -4.72. The van der Waals surface area contributed by atoms with E-state index in [1.807, 2.05) is 6.92 Å². The number of unbranched alkanes of at least 4 members (excludes halogenated alkanes) is 1. The quantitative estimate of drug-likeness (QED) is 0.328. The van der Waals surface area contributed by atoms with E-state index >= 15 is 0 Å². The van der Waals surface area contributed by atoms with Gasteiger partial charge < -0.3 is 10.2 Å². The lowest BCUT2D eigenvalue weighted by Gasteiger charge is -2.33. The van der Waals surface area contributed by atoms with E-state index in [9.17, 15) is 31.2 Å². The molecule has 0 aliphatic carbocycles. The first-order valence-corrected chi connectivity index (χ1v) is 14.5. The molecule has 2 rings (SSSR count). The van der Waals surface area contributed by atoms with Crippen molar-refractivity contribution in [2.24, 2.45) is 0 Å². The number of benzene rings is 2. The van der Waals surface area contributed by atoms with E-state index in [1.54, 1.807) is 19.1 Å². The molecule has 1 N–H and O–H groups in total. The van der Waals surface area contributed by atoms with E-state index in [2.05, 4.69) is 5.32 Å².